The van der Waals surface area contributed by atoms with E-state index in [1.807, 2.05) is 0 Å². The molecule has 0 heterocycles. The van der Waals surface area contributed by atoms with E-state index in [-0.39, 0.29) is 25.2 Å². The number of ether oxygens (including phenoxy) is 2. The van der Waals surface area contributed by atoms with Crippen LogP contribution in [0.25, 0.3) is 0 Å². The maximum Gasteiger partial charge on any atom is 0.308 e. The molecule has 0 bridgehead atoms. The first-order chi connectivity index (χ1) is 6.60. The Morgan fingerprint density at radius 2 is 2.00 bits per heavy atom. The average Bonchev–Trinajstić information content (AvgIpc) is 2.15. The third-order valence-corrected chi connectivity index (χ3v) is 1.62. The molecule has 0 aromatic heterocycles. The number of aliphatic hydroxyl groups is 1. The van der Waals surface area contributed by atoms with Crippen molar-refractivity contribution in [2.75, 3.05) is 13.7 Å². The van der Waals surface area contributed by atoms with Crippen LogP contribution in [0.15, 0.2) is 0 Å². The molecule has 0 aliphatic heterocycles. The Balaban J connectivity index is 3.57. The van der Waals surface area contributed by atoms with Crippen LogP contribution in [0.4, 0.5) is 0 Å². The molecule has 0 radical (unpaired) electrons. The Labute approximate surface area is 83.0 Å². The topological polar surface area (TPSA) is 72.8 Å². The number of hydrogen-bond acceptors (Lipinski definition) is 5. The number of esters is 2. The lowest BCUT2D eigenvalue weighted by Crippen LogP contribution is -2.16. The molecule has 0 rings (SSSR count). The summed E-state index contributed by atoms with van der Waals surface area (Å²) in [5.41, 5.74) is 0. The monoisotopic (exact) mass is 204 g/mol. The van der Waals surface area contributed by atoms with Gasteiger partial charge in [0.25, 0.3) is 0 Å². The van der Waals surface area contributed by atoms with Gasteiger partial charge in [0.1, 0.15) is 0 Å². The molecule has 0 aliphatic rings. The SMILES string of the molecule is CCOC(=O)CC[C@H](O)CC(=O)OC. The first-order valence-corrected chi connectivity index (χ1v) is 4.50. The predicted molar refractivity (Wildman–Crippen MR) is 48.5 cm³/mol. The molecule has 5 nitrogen and oxygen atoms in total. The molecule has 1 N–H and O–H groups in total. The first kappa shape index (κ1) is 12.9. The highest BCUT2D eigenvalue weighted by molar-refractivity contribution is 5.71. The number of aliphatic hydroxyl groups excluding tert-OH is 1. The fraction of sp³-hybridized carbons (Fsp3) is 0.778. The first-order valence-electron chi connectivity index (χ1n) is 4.50. The van der Waals surface area contributed by atoms with Crippen molar-refractivity contribution in [1.82, 2.24) is 0 Å². The summed E-state index contributed by atoms with van der Waals surface area (Å²) in [4.78, 5) is 21.5. The summed E-state index contributed by atoms with van der Waals surface area (Å²) in [6.07, 6.45) is -0.595. The van der Waals surface area contributed by atoms with Gasteiger partial charge >= 0.3 is 11.9 Å². The zero-order valence-electron chi connectivity index (χ0n) is 8.49. The Hall–Kier alpha value is -1.10. The Kier molecular flexibility index (Phi) is 6.74. The third kappa shape index (κ3) is 6.42. The second-order valence-corrected chi connectivity index (χ2v) is 2.78. The molecule has 0 amide bonds. The van der Waals surface area contributed by atoms with Crippen molar-refractivity contribution >= 4 is 11.9 Å². The minimum absolute atomic E-state index is 0.0874. The van der Waals surface area contributed by atoms with Crippen LogP contribution in [-0.4, -0.2) is 36.9 Å². The molecular formula is C9H16O5. The summed E-state index contributed by atoms with van der Waals surface area (Å²) >= 11 is 0. The lowest BCUT2D eigenvalue weighted by Gasteiger charge is -2.08. The number of methoxy groups -OCH3 is 1. The summed E-state index contributed by atoms with van der Waals surface area (Å²) in [5, 5.41) is 9.26. The number of carbonyl (C=O) groups is 2. The second-order valence-electron chi connectivity index (χ2n) is 2.78. The molecule has 0 saturated heterocycles. The van der Waals surface area contributed by atoms with Gasteiger partial charge in [0.15, 0.2) is 0 Å². The van der Waals surface area contributed by atoms with Gasteiger partial charge in [-0.3, -0.25) is 9.59 Å². The lowest BCUT2D eigenvalue weighted by atomic mass is 10.1. The standard InChI is InChI=1S/C9H16O5/c1-3-14-8(11)5-4-7(10)6-9(12)13-2/h7,10H,3-6H2,1-2H3/t7-/m0/s1. The summed E-state index contributed by atoms with van der Waals surface area (Å²) in [7, 11) is 1.25. The van der Waals surface area contributed by atoms with Gasteiger partial charge in [-0.2, -0.15) is 0 Å². The minimum Gasteiger partial charge on any atom is -0.469 e. The van der Waals surface area contributed by atoms with Crippen molar-refractivity contribution in [2.24, 2.45) is 0 Å². The van der Waals surface area contributed by atoms with E-state index in [0.717, 1.165) is 0 Å². The maximum absolute atomic E-state index is 10.9. The van der Waals surface area contributed by atoms with Crippen LogP contribution in [0.1, 0.15) is 26.2 Å². The Morgan fingerprint density at radius 3 is 2.50 bits per heavy atom. The second kappa shape index (κ2) is 7.32. The molecule has 82 valence electrons. The minimum atomic E-state index is -0.841. The molecule has 1 atom stereocenters. The molecule has 0 aromatic rings. The van der Waals surface area contributed by atoms with Gasteiger partial charge in [0.05, 0.1) is 26.2 Å². The molecular weight excluding hydrogens is 188 g/mol. The molecule has 0 saturated carbocycles. The molecule has 0 unspecified atom stereocenters. The van der Waals surface area contributed by atoms with E-state index in [1.54, 1.807) is 6.92 Å². The quantitative estimate of drug-likeness (QED) is 0.628. The van der Waals surface area contributed by atoms with Crippen LogP contribution < -0.4 is 0 Å². The van der Waals surface area contributed by atoms with E-state index in [4.69, 9.17) is 0 Å². The van der Waals surface area contributed by atoms with Gasteiger partial charge in [0.2, 0.25) is 0 Å². The van der Waals surface area contributed by atoms with E-state index in [0.29, 0.717) is 6.61 Å². The normalized spacial score (nSPS) is 11.9. The van der Waals surface area contributed by atoms with E-state index < -0.39 is 12.1 Å². The fourth-order valence-electron chi connectivity index (χ4n) is 0.895. The zero-order valence-corrected chi connectivity index (χ0v) is 8.49. The molecule has 5 heteroatoms. The Bertz CT molecular complexity index is 190. The smallest absolute Gasteiger partial charge is 0.308 e. The summed E-state index contributed by atoms with van der Waals surface area (Å²) in [6.45, 7) is 2.04. The van der Waals surface area contributed by atoms with E-state index in [2.05, 4.69) is 9.47 Å². The zero-order chi connectivity index (χ0) is 11.0. The lowest BCUT2D eigenvalue weighted by molar-refractivity contribution is -0.146. The van der Waals surface area contributed by atoms with Crippen molar-refractivity contribution in [1.29, 1.82) is 0 Å². The summed E-state index contributed by atoms with van der Waals surface area (Å²) < 4.78 is 9.02. The van der Waals surface area contributed by atoms with Crippen LogP contribution in [-0.2, 0) is 19.1 Å². The molecule has 0 aliphatic carbocycles. The van der Waals surface area contributed by atoms with Gasteiger partial charge in [-0.1, -0.05) is 0 Å². The van der Waals surface area contributed by atoms with Crippen molar-refractivity contribution in [3.05, 3.63) is 0 Å². The van der Waals surface area contributed by atoms with Crippen LogP contribution in [0, 0.1) is 0 Å². The molecule has 0 spiro atoms. The van der Waals surface area contributed by atoms with E-state index >= 15 is 0 Å². The largest absolute Gasteiger partial charge is 0.469 e. The van der Waals surface area contributed by atoms with Crippen molar-refractivity contribution < 1.29 is 24.2 Å². The number of carbonyl (C=O) groups excluding carboxylic acids is 2. The van der Waals surface area contributed by atoms with Crippen LogP contribution in [0.2, 0.25) is 0 Å². The summed E-state index contributed by atoms with van der Waals surface area (Å²) in [6, 6.07) is 0. The van der Waals surface area contributed by atoms with Gasteiger partial charge in [0, 0.05) is 6.42 Å². The van der Waals surface area contributed by atoms with Crippen LogP contribution in [0.3, 0.4) is 0 Å². The van der Waals surface area contributed by atoms with Crippen LogP contribution in [0.5, 0.6) is 0 Å². The predicted octanol–water partition coefficient (Wildman–Crippen LogP) is 0.254. The number of hydrogen-bond donors (Lipinski definition) is 1. The van der Waals surface area contributed by atoms with Crippen molar-refractivity contribution in [3.8, 4) is 0 Å². The van der Waals surface area contributed by atoms with Gasteiger partial charge in [-0.25, -0.2) is 0 Å². The average molecular weight is 204 g/mol. The van der Waals surface area contributed by atoms with Gasteiger partial charge in [-0.05, 0) is 13.3 Å². The van der Waals surface area contributed by atoms with Crippen molar-refractivity contribution in [2.45, 2.75) is 32.3 Å². The van der Waals surface area contributed by atoms with Gasteiger partial charge < -0.3 is 14.6 Å². The fourth-order valence-corrected chi connectivity index (χ4v) is 0.895. The highest BCUT2D eigenvalue weighted by atomic mass is 16.5. The highest BCUT2D eigenvalue weighted by Crippen LogP contribution is 2.03. The van der Waals surface area contributed by atoms with Crippen LogP contribution >= 0.6 is 0 Å². The molecule has 0 aromatic carbocycles. The Morgan fingerprint density at radius 1 is 1.36 bits per heavy atom. The third-order valence-electron chi connectivity index (χ3n) is 1.62. The highest BCUT2D eigenvalue weighted by Gasteiger charge is 2.13. The summed E-state index contributed by atoms with van der Waals surface area (Å²) in [5.74, 6) is -0.849. The van der Waals surface area contributed by atoms with Gasteiger partial charge in [-0.15, -0.1) is 0 Å². The maximum atomic E-state index is 10.9. The van der Waals surface area contributed by atoms with E-state index in [9.17, 15) is 14.7 Å². The van der Waals surface area contributed by atoms with E-state index in [1.165, 1.54) is 7.11 Å². The molecule has 0 fully saturated rings. The number of rotatable bonds is 6. The molecule has 14 heavy (non-hydrogen) atoms. The van der Waals surface area contributed by atoms with Crippen molar-refractivity contribution in [3.63, 3.8) is 0 Å².